The number of fused-ring (bicyclic) bond motifs is 10. The molecule has 0 saturated carbocycles. The molecule has 0 amide bonds. The van der Waals surface area contributed by atoms with Crippen molar-refractivity contribution < 1.29 is 4.57 Å². The van der Waals surface area contributed by atoms with E-state index in [4.69, 9.17) is 0 Å². The van der Waals surface area contributed by atoms with Gasteiger partial charge in [0.05, 0.1) is 18.6 Å². The Morgan fingerprint density at radius 2 is 0.939 bits per heavy atom. The molecule has 3 heterocycles. The fourth-order valence-corrected chi connectivity index (χ4v) is 5.71. The lowest BCUT2D eigenvalue weighted by molar-refractivity contribution is -0.647. The largest absolute Gasteiger partial charge is 0.294 e. The van der Waals surface area contributed by atoms with Crippen molar-refractivity contribution >= 4 is 59.8 Å². The third kappa shape index (κ3) is 2.41. The Morgan fingerprint density at radius 1 is 0.485 bits per heavy atom. The summed E-state index contributed by atoms with van der Waals surface area (Å²) in [5.74, 6) is 0. The molecule has 2 nitrogen and oxygen atoms in total. The van der Waals surface area contributed by atoms with Crippen LogP contribution < -0.4 is 4.57 Å². The molecule has 156 valence electrons. The van der Waals surface area contributed by atoms with Crippen LogP contribution in [0.2, 0.25) is 0 Å². The van der Waals surface area contributed by atoms with Crippen LogP contribution in [0.3, 0.4) is 0 Å². The smallest absolute Gasteiger partial charge is 0.236 e. The summed E-state index contributed by atoms with van der Waals surface area (Å²) in [6.07, 6.45) is 2.16. The second kappa shape index (κ2) is 6.66. The van der Waals surface area contributed by atoms with Crippen molar-refractivity contribution in [1.82, 2.24) is 4.40 Å². The summed E-state index contributed by atoms with van der Waals surface area (Å²) in [7, 11) is 2.16. The zero-order valence-electron chi connectivity index (χ0n) is 18.7. The van der Waals surface area contributed by atoms with Crippen molar-refractivity contribution in [2.24, 2.45) is 7.05 Å². The van der Waals surface area contributed by atoms with Gasteiger partial charge < -0.3 is 0 Å². The number of aryl methyl sites for hydroxylation is 2. The molecule has 0 spiro atoms. The molecule has 0 unspecified atom stereocenters. The van der Waals surface area contributed by atoms with Gasteiger partial charge in [-0.25, -0.2) is 4.57 Å². The molecule has 33 heavy (non-hydrogen) atoms. The topological polar surface area (TPSA) is 8.29 Å². The van der Waals surface area contributed by atoms with E-state index in [1.165, 1.54) is 65.3 Å². The predicted molar refractivity (Wildman–Crippen MR) is 140 cm³/mol. The van der Waals surface area contributed by atoms with Crippen molar-refractivity contribution in [3.8, 4) is 0 Å². The van der Waals surface area contributed by atoms with Gasteiger partial charge in [-0.1, -0.05) is 72.8 Å². The summed E-state index contributed by atoms with van der Waals surface area (Å²) in [6, 6.07) is 35.5. The zero-order chi connectivity index (χ0) is 22.1. The Kier molecular flexibility index (Phi) is 3.72. The average Bonchev–Trinajstić information content (AvgIpc) is 3.20. The normalized spacial score (nSPS) is 11.9. The number of aromatic nitrogens is 2. The number of pyridine rings is 1. The molecule has 7 rings (SSSR count). The van der Waals surface area contributed by atoms with Crippen molar-refractivity contribution in [3.05, 3.63) is 109 Å². The highest BCUT2D eigenvalue weighted by molar-refractivity contribution is 6.24. The molecule has 3 aromatic heterocycles. The Labute approximate surface area is 191 Å². The highest BCUT2D eigenvalue weighted by Gasteiger charge is 2.22. The van der Waals surface area contributed by atoms with Gasteiger partial charge in [0.2, 0.25) is 0 Å². The zero-order valence-corrected chi connectivity index (χ0v) is 18.7. The van der Waals surface area contributed by atoms with Crippen LogP contribution in [0.15, 0.2) is 103 Å². The maximum Gasteiger partial charge on any atom is 0.294 e. The van der Waals surface area contributed by atoms with Crippen LogP contribution in [0.1, 0.15) is 5.56 Å². The quantitative estimate of drug-likeness (QED) is 0.225. The van der Waals surface area contributed by atoms with E-state index in [1.54, 1.807) is 0 Å². The fourth-order valence-electron chi connectivity index (χ4n) is 5.71. The third-order valence-electron chi connectivity index (χ3n) is 7.10. The van der Waals surface area contributed by atoms with E-state index in [1.807, 2.05) is 0 Å². The van der Waals surface area contributed by atoms with E-state index in [0.29, 0.717) is 0 Å². The van der Waals surface area contributed by atoms with Gasteiger partial charge in [-0.2, -0.15) is 4.40 Å². The third-order valence-corrected chi connectivity index (χ3v) is 7.10. The number of nitrogens with zero attached hydrogens (tertiary/aromatic N) is 2. The summed E-state index contributed by atoms with van der Waals surface area (Å²) in [6.45, 7) is 2.22. The lowest BCUT2D eigenvalue weighted by Gasteiger charge is -2.03. The van der Waals surface area contributed by atoms with Crippen molar-refractivity contribution in [2.45, 2.75) is 6.92 Å². The number of hydrogen-bond acceptors (Lipinski definition) is 0. The molecule has 0 aliphatic carbocycles. The van der Waals surface area contributed by atoms with Crippen LogP contribution in [0, 0.1) is 6.92 Å². The monoisotopic (exact) mass is 423 g/mol. The van der Waals surface area contributed by atoms with E-state index >= 15 is 0 Å². The first-order valence-corrected chi connectivity index (χ1v) is 11.4. The van der Waals surface area contributed by atoms with Gasteiger partial charge in [-0.05, 0) is 58.3 Å². The van der Waals surface area contributed by atoms with E-state index in [2.05, 4.69) is 126 Å². The molecule has 0 aliphatic heterocycles. The van der Waals surface area contributed by atoms with Gasteiger partial charge in [0.25, 0.3) is 5.65 Å². The minimum Gasteiger partial charge on any atom is -0.236 e. The lowest BCUT2D eigenvalue weighted by Crippen LogP contribution is -2.29. The number of para-hydroxylation sites is 2. The summed E-state index contributed by atoms with van der Waals surface area (Å²) in [5.41, 5.74) is 5.02. The van der Waals surface area contributed by atoms with Crippen LogP contribution in [-0.4, -0.2) is 4.40 Å². The molecular formula is C31H23N2+. The minimum absolute atomic E-state index is 1.19. The van der Waals surface area contributed by atoms with E-state index < -0.39 is 0 Å². The van der Waals surface area contributed by atoms with Crippen LogP contribution in [0.4, 0.5) is 0 Å². The lowest BCUT2D eigenvalue weighted by atomic mass is 10.0. The molecule has 0 saturated heterocycles. The Balaban J connectivity index is 2.06. The Bertz CT molecular complexity index is 1940. The highest BCUT2D eigenvalue weighted by atomic mass is 15.1. The van der Waals surface area contributed by atoms with E-state index in [9.17, 15) is 0 Å². The SMILES string of the molecule is Cc1cccc2c3cccc4c5ccccc5c5ccccc5c5ccc[n+](C)c5n(c12)c43. The highest BCUT2D eigenvalue weighted by Crippen LogP contribution is 2.38. The molecular weight excluding hydrogens is 400 g/mol. The number of benzene rings is 4. The van der Waals surface area contributed by atoms with Crippen molar-refractivity contribution in [2.75, 3.05) is 0 Å². The summed E-state index contributed by atoms with van der Waals surface area (Å²) < 4.78 is 4.77. The van der Waals surface area contributed by atoms with Crippen molar-refractivity contribution in [3.63, 3.8) is 0 Å². The Morgan fingerprint density at radius 3 is 1.61 bits per heavy atom. The molecule has 0 N–H and O–H groups in total. The van der Waals surface area contributed by atoms with Crippen LogP contribution >= 0.6 is 0 Å². The van der Waals surface area contributed by atoms with Crippen LogP contribution in [0.5, 0.6) is 0 Å². The first-order valence-electron chi connectivity index (χ1n) is 11.4. The van der Waals surface area contributed by atoms with Gasteiger partial charge in [-0.15, -0.1) is 0 Å². The molecule has 7 aromatic rings. The predicted octanol–water partition coefficient (Wildman–Crippen LogP) is 7.40. The molecule has 4 aromatic carbocycles. The summed E-state index contributed by atoms with van der Waals surface area (Å²) in [4.78, 5) is 0. The second-order valence-corrected chi connectivity index (χ2v) is 8.96. The van der Waals surface area contributed by atoms with Gasteiger partial charge in [0.1, 0.15) is 11.0 Å². The number of rotatable bonds is 0. The summed E-state index contributed by atoms with van der Waals surface area (Å²) in [5, 5.41) is 10.2. The summed E-state index contributed by atoms with van der Waals surface area (Å²) >= 11 is 0. The van der Waals surface area contributed by atoms with Crippen LogP contribution in [-0.2, 0) is 7.05 Å². The van der Waals surface area contributed by atoms with Gasteiger partial charge in [-0.3, -0.25) is 0 Å². The Hall–Kier alpha value is -4.17. The fraction of sp³-hybridized carbons (Fsp3) is 0.0645. The van der Waals surface area contributed by atoms with Gasteiger partial charge in [0, 0.05) is 16.2 Å². The van der Waals surface area contributed by atoms with Gasteiger partial charge in [0.15, 0.2) is 0 Å². The standard InChI is InChI=1S/C31H23N2/c1-20-10-7-15-26-27-17-8-16-25-23-13-5-3-11-21(23)22-12-4-6-14-24(22)28-18-9-19-32(2)31(28)33(29(20)26)30(25)27/h3-19H,1-2H3/q+1. The molecule has 0 bridgehead atoms. The maximum atomic E-state index is 2.50. The minimum atomic E-state index is 1.19. The van der Waals surface area contributed by atoms with Crippen LogP contribution in [0.25, 0.3) is 59.8 Å². The number of hydrogen-bond donors (Lipinski definition) is 0. The molecule has 0 atom stereocenters. The average molecular weight is 424 g/mol. The molecule has 0 fully saturated rings. The first kappa shape index (κ1) is 18.4. The van der Waals surface area contributed by atoms with E-state index in [0.717, 1.165) is 0 Å². The molecule has 0 radical (unpaired) electrons. The van der Waals surface area contributed by atoms with Gasteiger partial charge >= 0.3 is 0 Å². The maximum absolute atomic E-state index is 2.50. The van der Waals surface area contributed by atoms with Crippen molar-refractivity contribution in [1.29, 1.82) is 0 Å². The second-order valence-electron chi connectivity index (χ2n) is 8.96. The molecule has 2 heteroatoms. The molecule has 0 aliphatic rings. The first-order chi connectivity index (χ1) is 16.2. The van der Waals surface area contributed by atoms with E-state index in [-0.39, 0.29) is 0 Å².